The van der Waals surface area contributed by atoms with Crippen LogP contribution in [0.3, 0.4) is 0 Å². The number of nitrogens with one attached hydrogen (secondary N) is 1. The van der Waals surface area contributed by atoms with Crippen LogP contribution < -0.4 is 11.1 Å². The zero-order valence-corrected chi connectivity index (χ0v) is 8.78. The Balaban J connectivity index is 2.52. The minimum atomic E-state index is -0.501. The Morgan fingerprint density at radius 1 is 1.80 bits per heavy atom. The molecule has 0 aromatic carbocycles. The summed E-state index contributed by atoms with van der Waals surface area (Å²) in [4.78, 5) is 14.6. The van der Waals surface area contributed by atoms with E-state index in [0.717, 1.165) is 4.88 Å². The van der Waals surface area contributed by atoms with Crippen LogP contribution in [0.4, 0.5) is 0 Å². The van der Waals surface area contributed by atoms with Gasteiger partial charge >= 0.3 is 0 Å². The second-order valence-corrected chi connectivity index (χ2v) is 3.74. The van der Waals surface area contributed by atoms with Crippen molar-refractivity contribution < 1.29 is 4.79 Å². The van der Waals surface area contributed by atoms with Gasteiger partial charge in [-0.25, -0.2) is 0 Å². The highest BCUT2D eigenvalue weighted by molar-refractivity contribution is 7.10. The molecule has 0 saturated carbocycles. The Morgan fingerprint density at radius 2 is 2.60 bits per heavy atom. The molecule has 15 heavy (non-hydrogen) atoms. The number of primary amides is 1. The second-order valence-electron chi connectivity index (χ2n) is 2.76. The molecule has 1 aromatic rings. The minimum absolute atomic E-state index is 0.297. The zero-order chi connectivity index (χ0) is 11.1. The maximum atomic E-state index is 11.1. The van der Waals surface area contributed by atoms with E-state index in [4.69, 9.17) is 11.3 Å². The maximum absolute atomic E-state index is 11.1. The van der Waals surface area contributed by atoms with Gasteiger partial charge in [-0.3, -0.25) is 4.79 Å². The summed E-state index contributed by atoms with van der Waals surface area (Å²) in [5.41, 5.74) is 13.3. The quantitative estimate of drug-likeness (QED) is 0.328. The van der Waals surface area contributed by atoms with Gasteiger partial charge in [0.2, 0.25) is 5.91 Å². The zero-order valence-electron chi connectivity index (χ0n) is 7.96. The number of nitrogens with two attached hydrogens (primary N) is 1. The molecule has 0 saturated heterocycles. The summed E-state index contributed by atoms with van der Waals surface area (Å²) in [6.45, 7) is 0.723. The lowest BCUT2D eigenvalue weighted by Crippen LogP contribution is -2.34. The summed E-state index contributed by atoms with van der Waals surface area (Å²) in [5, 5.41) is 8.16. The summed E-state index contributed by atoms with van der Waals surface area (Å²) in [5.74, 6) is -0.432. The minimum Gasteiger partial charge on any atom is -0.368 e. The number of amides is 1. The van der Waals surface area contributed by atoms with E-state index in [2.05, 4.69) is 15.3 Å². The van der Waals surface area contributed by atoms with E-state index in [1.54, 1.807) is 0 Å². The molecular weight excluding hydrogens is 214 g/mol. The van der Waals surface area contributed by atoms with Gasteiger partial charge in [0.25, 0.3) is 0 Å². The largest absolute Gasteiger partial charge is 0.368 e. The summed E-state index contributed by atoms with van der Waals surface area (Å²) in [7, 11) is 0. The van der Waals surface area contributed by atoms with Crippen LogP contribution in [0.15, 0.2) is 22.6 Å². The molecule has 1 amide bonds. The molecule has 0 bridgehead atoms. The van der Waals surface area contributed by atoms with E-state index in [9.17, 15) is 4.79 Å². The van der Waals surface area contributed by atoms with E-state index < -0.39 is 11.9 Å². The Hall–Kier alpha value is -1.56. The standard InChI is InChI=1S/C8H11N5OS/c9-8(14)7(6-2-1-5-15-6)11-3-4-12-13-10/h1-2,5,7,11H,3-4H2,(H2,9,14). The average Bonchev–Trinajstić information content (AvgIpc) is 2.70. The average molecular weight is 225 g/mol. The van der Waals surface area contributed by atoms with Gasteiger partial charge in [0.15, 0.2) is 0 Å². The van der Waals surface area contributed by atoms with Crippen LogP contribution in [0.25, 0.3) is 10.4 Å². The molecule has 1 aromatic heterocycles. The van der Waals surface area contributed by atoms with Crippen molar-refractivity contribution in [2.75, 3.05) is 13.1 Å². The summed E-state index contributed by atoms with van der Waals surface area (Å²) in [6, 6.07) is 3.19. The van der Waals surface area contributed by atoms with Crippen molar-refractivity contribution in [1.82, 2.24) is 5.32 Å². The number of carbonyl (C=O) groups excluding carboxylic acids is 1. The third kappa shape index (κ3) is 3.59. The van der Waals surface area contributed by atoms with Gasteiger partial charge in [0, 0.05) is 22.9 Å². The lowest BCUT2D eigenvalue weighted by molar-refractivity contribution is -0.120. The van der Waals surface area contributed by atoms with Crippen molar-refractivity contribution in [1.29, 1.82) is 0 Å². The molecule has 0 fully saturated rings. The van der Waals surface area contributed by atoms with Crippen LogP contribution in [0.5, 0.6) is 0 Å². The molecule has 1 atom stereocenters. The van der Waals surface area contributed by atoms with Crippen molar-refractivity contribution in [3.05, 3.63) is 32.8 Å². The Morgan fingerprint density at radius 3 is 3.13 bits per heavy atom. The molecule has 0 radical (unpaired) electrons. The number of nitrogens with zero attached hydrogens (tertiary/aromatic N) is 3. The molecule has 0 aliphatic rings. The lowest BCUT2D eigenvalue weighted by Gasteiger charge is -2.12. The highest BCUT2D eigenvalue weighted by atomic mass is 32.1. The molecule has 1 unspecified atom stereocenters. The predicted molar refractivity (Wildman–Crippen MR) is 58.3 cm³/mol. The molecule has 0 spiro atoms. The molecule has 80 valence electrons. The third-order valence-corrected chi connectivity index (χ3v) is 2.67. The van der Waals surface area contributed by atoms with Gasteiger partial charge in [-0.05, 0) is 17.0 Å². The van der Waals surface area contributed by atoms with Crippen molar-refractivity contribution >= 4 is 17.2 Å². The first-order chi connectivity index (χ1) is 7.25. The number of hydrogen-bond donors (Lipinski definition) is 2. The molecule has 6 nitrogen and oxygen atoms in total. The Labute approximate surface area is 90.7 Å². The van der Waals surface area contributed by atoms with Gasteiger partial charge in [-0.1, -0.05) is 11.2 Å². The van der Waals surface area contributed by atoms with Gasteiger partial charge < -0.3 is 11.1 Å². The first-order valence-corrected chi connectivity index (χ1v) is 5.20. The highest BCUT2D eigenvalue weighted by Gasteiger charge is 2.17. The molecular formula is C8H11N5OS. The molecule has 7 heteroatoms. The van der Waals surface area contributed by atoms with Gasteiger partial charge in [-0.2, -0.15) is 0 Å². The SMILES string of the molecule is [N-]=[N+]=NCCNC(C(N)=O)c1cccs1. The topological polar surface area (TPSA) is 104 Å². The smallest absolute Gasteiger partial charge is 0.239 e. The number of azide groups is 1. The Kier molecular flexibility index (Phi) is 4.62. The number of hydrogen-bond acceptors (Lipinski definition) is 4. The van der Waals surface area contributed by atoms with Crippen molar-refractivity contribution in [2.24, 2.45) is 10.8 Å². The number of carbonyl (C=O) groups is 1. The molecule has 1 heterocycles. The van der Waals surface area contributed by atoms with E-state index in [1.165, 1.54) is 11.3 Å². The third-order valence-electron chi connectivity index (χ3n) is 1.74. The van der Waals surface area contributed by atoms with E-state index >= 15 is 0 Å². The van der Waals surface area contributed by atoms with Crippen molar-refractivity contribution in [3.8, 4) is 0 Å². The van der Waals surface area contributed by atoms with Crippen LogP contribution in [-0.2, 0) is 4.79 Å². The number of thiophene rings is 1. The lowest BCUT2D eigenvalue weighted by atomic mass is 10.2. The maximum Gasteiger partial charge on any atom is 0.239 e. The molecule has 0 aliphatic carbocycles. The summed E-state index contributed by atoms with van der Waals surface area (Å²) < 4.78 is 0. The van der Waals surface area contributed by atoms with Crippen LogP contribution in [0.2, 0.25) is 0 Å². The molecule has 3 N–H and O–H groups in total. The fourth-order valence-electron chi connectivity index (χ4n) is 1.10. The highest BCUT2D eigenvalue weighted by Crippen LogP contribution is 2.18. The van der Waals surface area contributed by atoms with E-state index in [-0.39, 0.29) is 0 Å². The van der Waals surface area contributed by atoms with Crippen molar-refractivity contribution in [2.45, 2.75) is 6.04 Å². The summed E-state index contributed by atoms with van der Waals surface area (Å²) in [6.07, 6.45) is 0. The van der Waals surface area contributed by atoms with Gasteiger partial charge in [0.1, 0.15) is 6.04 Å². The molecule has 1 rings (SSSR count). The predicted octanol–water partition coefficient (Wildman–Crippen LogP) is 1.17. The normalized spacial score (nSPS) is 11.7. The van der Waals surface area contributed by atoms with Crippen molar-refractivity contribution in [3.63, 3.8) is 0 Å². The summed E-state index contributed by atoms with van der Waals surface area (Å²) >= 11 is 1.46. The Bertz CT molecular complexity index is 357. The van der Waals surface area contributed by atoms with Gasteiger partial charge in [0.05, 0.1) is 0 Å². The fourth-order valence-corrected chi connectivity index (χ4v) is 1.91. The fraction of sp³-hybridized carbons (Fsp3) is 0.375. The van der Waals surface area contributed by atoms with Gasteiger partial charge in [-0.15, -0.1) is 11.3 Å². The van der Waals surface area contributed by atoms with E-state index in [0.29, 0.717) is 13.1 Å². The second kappa shape index (κ2) is 6.02. The van der Waals surface area contributed by atoms with Crippen LogP contribution in [0.1, 0.15) is 10.9 Å². The number of rotatable bonds is 6. The monoisotopic (exact) mass is 225 g/mol. The van der Waals surface area contributed by atoms with E-state index in [1.807, 2.05) is 17.5 Å². The first-order valence-electron chi connectivity index (χ1n) is 4.32. The molecule has 0 aliphatic heterocycles. The van der Waals surface area contributed by atoms with Crippen LogP contribution in [0, 0.1) is 0 Å². The first kappa shape index (κ1) is 11.5. The van der Waals surface area contributed by atoms with Crippen LogP contribution >= 0.6 is 11.3 Å². The van der Waals surface area contributed by atoms with Crippen LogP contribution in [-0.4, -0.2) is 19.0 Å².